The fourth-order valence-corrected chi connectivity index (χ4v) is 2.61. The molecule has 1 aliphatic heterocycles. The van der Waals surface area contributed by atoms with Crippen molar-refractivity contribution in [2.75, 3.05) is 0 Å². The van der Waals surface area contributed by atoms with Crippen molar-refractivity contribution < 1.29 is 9.53 Å². The molecule has 3 rings (SSSR count). The van der Waals surface area contributed by atoms with Gasteiger partial charge < -0.3 is 4.74 Å². The fraction of sp³-hybridized carbons (Fsp3) is 0.235. The first-order valence-corrected chi connectivity index (χ1v) is 6.55. The minimum Gasteiger partial charge on any atom is -0.457 e. The molecule has 2 nitrogen and oxygen atoms in total. The van der Waals surface area contributed by atoms with Crippen LogP contribution in [0.5, 0.6) is 0 Å². The SMILES string of the molecule is Cc1ccc(C2CC(=O)OC2c2ccccc2)cc1. The van der Waals surface area contributed by atoms with Gasteiger partial charge in [0.15, 0.2) is 0 Å². The molecule has 0 aromatic heterocycles. The second-order valence-electron chi connectivity index (χ2n) is 5.04. The normalized spacial score (nSPS) is 22.3. The van der Waals surface area contributed by atoms with Crippen LogP contribution in [0.15, 0.2) is 54.6 Å². The lowest BCUT2D eigenvalue weighted by atomic mass is 9.88. The molecular weight excluding hydrogens is 236 g/mol. The fourth-order valence-electron chi connectivity index (χ4n) is 2.61. The van der Waals surface area contributed by atoms with E-state index in [1.165, 1.54) is 11.1 Å². The number of aryl methyl sites for hydroxylation is 1. The molecule has 0 amide bonds. The Hall–Kier alpha value is -2.09. The van der Waals surface area contributed by atoms with Crippen LogP contribution in [0.4, 0.5) is 0 Å². The monoisotopic (exact) mass is 252 g/mol. The molecule has 1 fully saturated rings. The van der Waals surface area contributed by atoms with Crippen molar-refractivity contribution in [3.05, 3.63) is 71.3 Å². The van der Waals surface area contributed by atoms with Crippen molar-refractivity contribution in [3.63, 3.8) is 0 Å². The van der Waals surface area contributed by atoms with E-state index in [9.17, 15) is 4.79 Å². The highest BCUT2D eigenvalue weighted by Gasteiger charge is 2.36. The molecule has 0 aliphatic carbocycles. The van der Waals surface area contributed by atoms with Gasteiger partial charge in [0.05, 0.1) is 6.42 Å². The third kappa shape index (κ3) is 2.39. The lowest BCUT2D eigenvalue weighted by Gasteiger charge is -2.18. The van der Waals surface area contributed by atoms with Gasteiger partial charge in [-0.3, -0.25) is 4.79 Å². The molecule has 2 atom stereocenters. The van der Waals surface area contributed by atoms with Crippen LogP contribution in [0.25, 0.3) is 0 Å². The van der Waals surface area contributed by atoms with Gasteiger partial charge in [0.2, 0.25) is 0 Å². The maximum atomic E-state index is 11.7. The van der Waals surface area contributed by atoms with E-state index in [0.717, 1.165) is 5.56 Å². The Morgan fingerprint density at radius 1 is 0.947 bits per heavy atom. The summed E-state index contributed by atoms with van der Waals surface area (Å²) in [6.45, 7) is 2.06. The van der Waals surface area contributed by atoms with Crippen LogP contribution < -0.4 is 0 Å². The smallest absolute Gasteiger partial charge is 0.307 e. The average Bonchev–Trinajstić information content (AvgIpc) is 2.83. The van der Waals surface area contributed by atoms with Crippen LogP contribution in [0.3, 0.4) is 0 Å². The quantitative estimate of drug-likeness (QED) is 0.760. The van der Waals surface area contributed by atoms with Crippen molar-refractivity contribution >= 4 is 5.97 Å². The maximum Gasteiger partial charge on any atom is 0.307 e. The highest BCUT2D eigenvalue weighted by molar-refractivity contribution is 5.74. The van der Waals surface area contributed by atoms with Crippen molar-refractivity contribution in [1.29, 1.82) is 0 Å². The van der Waals surface area contributed by atoms with Crippen LogP contribution >= 0.6 is 0 Å². The largest absolute Gasteiger partial charge is 0.457 e. The second kappa shape index (κ2) is 4.88. The van der Waals surface area contributed by atoms with E-state index >= 15 is 0 Å². The summed E-state index contributed by atoms with van der Waals surface area (Å²) in [5, 5.41) is 0. The molecule has 1 heterocycles. The third-order valence-electron chi connectivity index (χ3n) is 3.64. The molecule has 0 radical (unpaired) electrons. The Bertz CT molecular complexity index is 572. The highest BCUT2D eigenvalue weighted by atomic mass is 16.5. The van der Waals surface area contributed by atoms with Gasteiger partial charge in [-0.2, -0.15) is 0 Å². The van der Waals surface area contributed by atoms with E-state index in [4.69, 9.17) is 4.74 Å². The van der Waals surface area contributed by atoms with Crippen molar-refractivity contribution in [2.45, 2.75) is 25.4 Å². The summed E-state index contributed by atoms with van der Waals surface area (Å²) in [5.74, 6) is 0.00919. The predicted octanol–water partition coefficient (Wildman–Crippen LogP) is 3.77. The zero-order valence-electron chi connectivity index (χ0n) is 10.9. The third-order valence-corrected chi connectivity index (χ3v) is 3.64. The summed E-state index contributed by atoms with van der Waals surface area (Å²) < 4.78 is 5.51. The van der Waals surface area contributed by atoms with Gasteiger partial charge in [-0.25, -0.2) is 0 Å². The average molecular weight is 252 g/mol. The standard InChI is InChI=1S/C17H16O2/c1-12-7-9-13(10-8-12)15-11-16(18)19-17(15)14-5-3-2-4-6-14/h2-10,15,17H,11H2,1H3. The van der Waals surface area contributed by atoms with E-state index in [2.05, 4.69) is 31.2 Å². The molecular formula is C17H16O2. The van der Waals surface area contributed by atoms with Crippen molar-refractivity contribution in [2.24, 2.45) is 0 Å². The van der Waals surface area contributed by atoms with E-state index < -0.39 is 0 Å². The molecule has 2 aromatic carbocycles. The lowest BCUT2D eigenvalue weighted by Crippen LogP contribution is -2.06. The number of hydrogen-bond acceptors (Lipinski definition) is 2. The van der Waals surface area contributed by atoms with Gasteiger partial charge >= 0.3 is 5.97 Å². The van der Waals surface area contributed by atoms with E-state index in [0.29, 0.717) is 6.42 Å². The van der Waals surface area contributed by atoms with Crippen LogP contribution in [0.1, 0.15) is 35.1 Å². The highest BCUT2D eigenvalue weighted by Crippen LogP contribution is 2.42. The number of benzene rings is 2. The van der Waals surface area contributed by atoms with Gasteiger partial charge in [-0.1, -0.05) is 60.2 Å². The maximum absolute atomic E-state index is 11.7. The molecule has 1 aliphatic rings. The Morgan fingerprint density at radius 2 is 1.63 bits per heavy atom. The number of carbonyl (C=O) groups excluding carboxylic acids is 1. The molecule has 96 valence electrons. The number of hydrogen-bond donors (Lipinski definition) is 0. The summed E-state index contributed by atoms with van der Waals surface area (Å²) in [6, 6.07) is 18.3. The zero-order chi connectivity index (χ0) is 13.2. The lowest BCUT2D eigenvalue weighted by molar-refractivity contribution is -0.141. The number of rotatable bonds is 2. The van der Waals surface area contributed by atoms with Gasteiger partial charge in [0.25, 0.3) is 0 Å². The first-order valence-electron chi connectivity index (χ1n) is 6.55. The summed E-state index contributed by atoms with van der Waals surface area (Å²) in [7, 11) is 0. The molecule has 2 unspecified atom stereocenters. The Labute approximate surface area is 113 Å². The molecule has 1 saturated heterocycles. The molecule has 19 heavy (non-hydrogen) atoms. The second-order valence-corrected chi connectivity index (χ2v) is 5.04. The van der Waals surface area contributed by atoms with E-state index in [1.54, 1.807) is 0 Å². The zero-order valence-corrected chi connectivity index (χ0v) is 10.9. The van der Waals surface area contributed by atoms with Crippen LogP contribution in [0, 0.1) is 6.92 Å². The summed E-state index contributed by atoms with van der Waals surface area (Å²) in [5.41, 5.74) is 3.47. The summed E-state index contributed by atoms with van der Waals surface area (Å²) >= 11 is 0. The van der Waals surface area contributed by atoms with E-state index in [1.807, 2.05) is 30.3 Å². The van der Waals surface area contributed by atoms with Gasteiger partial charge in [-0.05, 0) is 18.1 Å². The van der Waals surface area contributed by atoms with E-state index in [-0.39, 0.29) is 18.0 Å². The minimum absolute atomic E-state index is 0.112. The molecule has 0 saturated carbocycles. The van der Waals surface area contributed by atoms with Gasteiger partial charge in [-0.15, -0.1) is 0 Å². The molecule has 0 bridgehead atoms. The Kier molecular flexibility index (Phi) is 3.08. The first-order chi connectivity index (χ1) is 9.24. The molecule has 2 aromatic rings. The number of carbonyl (C=O) groups is 1. The number of esters is 1. The molecule has 0 spiro atoms. The molecule has 2 heteroatoms. The Morgan fingerprint density at radius 3 is 2.32 bits per heavy atom. The predicted molar refractivity (Wildman–Crippen MR) is 73.8 cm³/mol. The van der Waals surface area contributed by atoms with Gasteiger partial charge in [0, 0.05) is 5.92 Å². The minimum atomic E-state index is -0.156. The van der Waals surface area contributed by atoms with Crippen LogP contribution in [-0.2, 0) is 9.53 Å². The summed E-state index contributed by atoms with van der Waals surface area (Å²) in [4.78, 5) is 11.7. The van der Waals surface area contributed by atoms with Gasteiger partial charge in [0.1, 0.15) is 6.10 Å². The topological polar surface area (TPSA) is 26.3 Å². The summed E-state index contributed by atoms with van der Waals surface area (Å²) in [6.07, 6.45) is 0.305. The first kappa shape index (κ1) is 12.0. The van der Waals surface area contributed by atoms with Crippen LogP contribution in [0.2, 0.25) is 0 Å². The van der Waals surface area contributed by atoms with Crippen molar-refractivity contribution in [1.82, 2.24) is 0 Å². The number of cyclic esters (lactones) is 1. The molecule has 0 N–H and O–H groups in total. The number of ether oxygens (including phenoxy) is 1. The van der Waals surface area contributed by atoms with Crippen LogP contribution in [-0.4, -0.2) is 5.97 Å². The van der Waals surface area contributed by atoms with Crippen molar-refractivity contribution in [3.8, 4) is 0 Å². The Balaban J connectivity index is 1.95.